The Bertz CT molecular complexity index is 1050. The SMILES string of the molecule is CCC(CC(C)c1ccc(O)cc1)c1ccc(OC(C)OCCOc2cccc(OC)c2OC)cc1. The highest BCUT2D eigenvalue weighted by Gasteiger charge is 2.16. The number of rotatable bonds is 14. The van der Waals surface area contributed by atoms with Gasteiger partial charge in [0.25, 0.3) is 0 Å². The van der Waals surface area contributed by atoms with E-state index in [2.05, 4.69) is 26.0 Å². The van der Waals surface area contributed by atoms with Gasteiger partial charge in [-0.2, -0.15) is 0 Å². The maximum Gasteiger partial charge on any atom is 0.203 e. The molecule has 3 unspecified atom stereocenters. The maximum absolute atomic E-state index is 9.54. The molecule has 3 atom stereocenters. The average Bonchev–Trinajstić information content (AvgIpc) is 2.90. The molecule has 0 aliphatic carbocycles. The Morgan fingerprint density at radius 3 is 2.08 bits per heavy atom. The zero-order valence-electron chi connectivity index (χ0n) is 21.9. The molecule has 194 valence electrons. The quantitative estimate of drug-likeness (QED) is 0.194. The predicted octanol–water partition coefficient (Wildman–Crippen LogP) is 6.92. The largest absolute Gasteiger partial charge is 0.508 e. The molecule has 0 radical (unpaired) electrons. The van der Waals surface area contributed by atoms with Crippen LogP contribution in [0.15, 0.2) is 66.7 Å². The second-order valence-electron chi connectivity index (χ2n) is 8.80. The van der Waals surface area contributed by atoms with Gasteiger partial charge in [-0.3, -0.25) is 0 Å². The number of para-hydroxylation sites is 1. The van der Waals surface area contributed by atoms with Crippen molar-refractivity contribution in [2.45, 2.75) is 51.7 Å². The molecule has 3 rings (SSSR count). The molecule has 0 saturated carbocycles. The topological polar surface area (TPSA) is 66.4 Å². The molecule has 0 heterocycles. The average molecular weight is 495 g/mol. The number of aromatic hydroxyl groups is 1. The molecule has 0 aliphatic rings. The van der Waals surface area contributed by atoms with Crippen LogP contribution in [-0.4, -0.2) is 38.8 Å². The first-order chi connectivity index (χ1) is 17.4. The van der Waals surface area contributed by atoms with Crippen LogP contribution in [0.2, 0.25) is 0 Å². The van der Waals surface area contributed by atoms with Crippen LogP contribution in [-0.2, 0) is 4.74 Å². The van der Waals surface area contributed by atoms with Crippen LogP contribution in [0.4, 0.5) is 0 Å². The second-order valence-corrected chi connectivity index (χ2v) is 8.80. The van der Waals surface area contributed by atoms with E-state index in [1.54, 1.807) is 26.4 Å². The van der Waals surface area contributed by atoms with Crippen molar-refractivity contribution >= 4 is 0 Å². The Kier molecular flexibility index (Phi) is 10.3. The lowest BCUT2D eigenvalue weighted by molar-refractivity contribution is -0.0740. The monoisotopic (exact) mass is 494 g/mol. The van der Waals surface area contributed by atoms with E-state index in [9.17, 15) is 5.11 Å². The number of benzene rings is 3. The highest BCUT2D eigenvalue weighted by atomic mass is 16.7. The molecule has 0 saturated heterocycles. The molecule has 0 aliphatic heterocycles. The van der Waals surface area contributed by atoms with Crippen LogP contribution in [0.5, 0.6) is 28.7 Å². The second kappa shape index (κ2) is 13.6. The molecule has 0 bridgehead atoms. The van der Waals surface area contributed by atoms with Gasteiger partial charge in [-0.1, -0.05) is 44.2 Å². The first-order valence-corrected chi connectivity index (χ1v) is 12.5. The Balaban J connectivity index is 1.46. The fourth-order valence-electron chi connectivity index (χ4n) is 4.29. The summed E-state index contributed by atoms with van der Waals surface area (Å²) in [6.45, 7) is 7.05. The molecule has 6 nitrogen and oxygen atoms in total. The van der Waals surface area contributed by atoms with Gasteiger partial charge in [0.2, 0.25) is 5.75 Å². The van der Waals surface area contributed by atoms with E-state index in [1.807, 2.05) is 49.4 Å². The van der Waals surface area contributed by atoms with E-state index in [0.717, 1.165) is 18.6 Å². The lowest BCUT2D eigenvalue weighted by atomic mass is 9.84. The van der Waals surface area contributed by atoms with E-state index in [0.29, 0.717) is 48.0 Å². The molecule has 0 aromatic heterocycles. The van der Waals surface area contributed by atoms with Crippen LogP contribution in [0.25, 0.3) is 0 Å². The van der Waals surface area contributed by atoms with Crippen LogP contribution in [0, 0.1) is 0 Å². The van der Waals surface area contributed by atoms with Gasteiger partial charge in [-0.15, -0.1) is 0 Å². The highest BCUT2D eigenvalue weighted by molar-refractivity contribution is 5.51. The molecule has 0 fully saturated rings. The lowest BCUT2D eigenvalue weighted by Crippen LogP contribution is -2.20. The summed E-state index contributed by atoms with van der Waals surface area (Å²) in [5, 5.41) is 9.54. The third-order valence-corrected chi connectivity index (χ3v) is 6.31. The summed E-state index contributed by atoms with van der Waals surface area (Å²) in [5.74, 6) is 3.71. The van der Waals surface area contributed by atoms with Gasteiger partial charge in [0.1, 0.15) is 18.1 Å². The van der Waals surface area contributed by atoms with Crippen LogP contribution in [0.3, 0.4) is 0 Å². The Morgan fingerprint density at radius 2 is 1.44 bits per heavy atom. The summed E-state index contributed by atoms with van der Waals surface area (Å²) >= 11 is 0. The van der Waals surface area contributed by atoms with Gasteiger partial charge in [-0.25, -0.2) is 0 Å². The van der Waals surface area contributed by atoms with Crippen molar-refractivity contribution in [1.29, 1.82) is 0 Å². The fraction of sp³-hybridized carbons (Fsp3) is 0.400. The summed E-state index contributed by atoms with van der Waals surface area (Å²) < 4.78 is 28.2. The lowest BCUT2D eigenvalue weighted by Gasteiger charge is -2.21. The summed E-state index contributed by atoms with van der Waals surface area (Å²) in [7, 11) is 3.18. The summed E-state index contributed by atoms with van der Waals surface area (Å²) in [6.07, 6.45) is 1.68. The molecular formula is C30H38O6. The van der Waals surface area contributed by atoms with Crippen molar-refractivity contribution in [3.8, 4) is 28.7 Å². The maximum atomic E-state index is 9.54. The summed E-state index contributed by atoms with van der Waals surface area (Å²) in [6, 6.07) is 21.3. The Labute approximate surface area is 214 Å². The summed E-state index contributed by atoms with van der Waals surface area (Å²) in [4.78, 5) is 0. The first-order valence-electron chi connectivity index (χ1n) is 12.5. The van der Waals surface area contributed by atoms with E-state index >= 15 is 0 Å². The van der Waals surface area contributed by atoms with Crippen LogP contribution < -0.4 is 18.9 Å². The fourth-order valence-corrected chi connectivity index (χ4v) is 4.29. The van der Waals surface area contributed by atoms with Gasteiger partial charge in [0.15, 0.2) is 17.8 Å². The third-order valence-electron chi connectivity index (χ3n) is 6.31. The number of methoxy groups -OCH3 is 2. The van der Waals surface area contributed by atoms with Crippen molar-refractivity contribution in [2.75, 3.05) is 27.4 Å². The van der Waals surface area contributed by atoms with Crippen LogP contribution >= 0.6 is 0 Å². The number of hydrogen-bond acceptors (Lipinski definition) is 6. The van der Waals surface area contributed by atoms with Crippen molar-refractivity contribution in [3.05, 3.63) is 77.9 Å². The minimum Gasteiger partial charge on any atom is -0.508 e. The van der Waals surface area contributed by atoms with Gasteiger partial charge in [-0.05, 0) is 79.1 Å². The molecule has 0 spiro atoms. The van der Waals surface area contributed by atoms with Crippen molar-refractivity contribution < 1.29 is 28.8 Å². The zero-order valence-corrected chi connectivity index (χ0v) is 21.9. The number of ether oxygens (including phenoxy) is 5. The van der Waals surface area contributed by atoms with E-state index in [4.69, 9.17) is 23.7 Å². The molecule has 1 N–H and O–H groups in total. The van der Waals surface area contributed by atoms with Crippen molar-refractivity contribution in [1.82, 2.24) is 0 Å². The zero-order chi connectivity index (χ0) is 25.9. The predicted molar refractivity (Wildman–Crippen MR) is 142 cm³/mol. The molecule has 36 heavy (non-hydrogen) atoms. The minimum absolute atomic E-state index is 0.302. The van der Waals surface area contributed by atoms with Gasteiger partial charge in [0, 0.05) is 0 Å². The van der Waals surface area contributed by atoms with Gasteiger partial charge >= 0.3 is 0 Å². The van der Waals surface area contributed by atoms with Crippen molar-refractivity contribution in [3.63, 3.8) is 0 Å². The van der Waals surface area contributed by atoms with E-state index < -0.39 is 6.29 Å². The normalized spacial score (nSPS) is 13.5. The Morgan fingerprint density at radius 1 is 0.778 bits per heavy atom. The molecule has 3 aromatic carbocycles. The van der Waals surface area contributed by atoms with Gasteiger partial charge < -0.3 is 28.8 Å². The minimum atomic E-state index is -0.414. The highest BCUT2D eigenvalue weighted by Crippen LogP contribution is 2.36. The molecule has 6 heteroatoms. The van der Waals surface area contributed by atoms with Gasteiger partial charge in [0.05, 0.1) is 20.8 Å². The van der Waals surface area contributed by atoms with E-state index in [-0.39, 0.29) is 0 Å². The smallest absolute Gasteiger partial charge is 0.203 e. The van der Waals surface area contributed by atoms with E-state index in [1.165, 1.54) is 11.1 Å². The number of phenols is 1. The van der Waals surface area contributed by atoms with Crippen molar-refractivity contribution in [2.24, 2.45) is 0 Å². The summed E-state index contributed by atoms with van der Waals surface area (Å²) in [5.41, 5.74) is 2.54. The third kappa shape index (κ3) is 7.56. The number of hydrogen-bond donors (Lipinski definition) is 1. The number of phenolic OH excluding ortho intramolecular Hbond substituents is 1. The Hall–Kier alpha value is -3.38. The molecular weight excluding hydrogens is 456 g/mol. The molecule has 0 amide bonds. The van der Waals surface area contributed by atoms with Crippen LogP contribution in [0.1, 0.15) is 56.6 Å². The first kappa shape index (κ1) is 27.2. The molecule has 3 aromatic rings. The standard InChI is InChI=1S/C30H38O6/c1-6-23(20-21(2)24-10-14-26(31)15-11-24)25-12-16-27(17-13-25)36-22(3)34-18-19-35-29-9-7-8-28(32-4)30(29)33-5/h7-17,21-23,31H,6,18-20H2,1-5H3.